The van der Waals surface area contributed by atoms with E-state index >= 15 is 0 Å². The Balaban J connectivity index is 1.58. The van der Waals surface area contributed by atoms with Gasteiger partial charge in [0.25, 0.3) is 0 Å². The molecule has 2 aliphatic rings. The minimum absolute atomic E-state index is 0.729. The molecule has 0 aromatic heterocycles. The van der Waals surface area contributed by atoms with Crippen molar-refractivity contribution in [3.8, 4) is 0 Å². The van der Waals surface area contributed by atoms with Gasteiger partial charge in [-0.1, -0.05) is 0 Å². The Morgan fingerprint density at radius 1 is 1.27 bits per heavy atom. The van der Waals surface area contributed by atoms with E-state index in [1.165, 1.54) is 52.0 Å². The Morgan fingerprint density at radius 3 is 2.60 bits per heavy atom. The Labute approximate surface area is 93.8 Å². The third-order valence-corrected chi connectivity index (χ3v) is 3.95. The zero-order valence-electron chi connectivity index (χ0n) is 10.2. The van der Waals surface area contributed by atoms with Gasteiger partial charge in [0.05, 0.1) is 0 Å². The van der Waals surface area contributed by atoms with E-state index in [0.29, 0.717) is 0 Å². The Morgan fingerprint density at radius 2 is 2.00 bits per heavy atom. The van der Waals surface area contributed by atoms with Gasteiger partial charge >= 0.3 is 0 Å². The van der Waals surface area contributed by atoms with Crippen LogP contribution in [0.4, 0.5) is 0 Å². The molecule has 0 bridgehead atoms. The fourth-order valence-electron chi connectivity index (χ4n) is 2.77. The Bertz CT molecular complexity index is 179. The third-order valence-electron chi connectivity index (χ3n) is 3.95. The number of nitrogens with one attached hydrogen (secondary N) is 1. The van der Waals surface area contributed by atoms with Crippen LogP contribution >= 0.6 is 0 Å². The predicted molar refractivity (Wildman–Crippen MR) is 64.2 cm³/mol. The van der Waals surface area contributed by atoms with Crippen LogP contribution in [0.25, 0.3) is 0 Å². The molecular weight excluding hydrogens is 186 g/mol. The van der Waals surface area contributed by atoms with Crippen molar-refractivity contribution in [3.05, 3.63) is 0 Å². The Hall–Kier alpha value is -0.120. The summed E-state index contributed by atoms with van der Waals surface area (Å²) in [6, 6.07) is 1.49. The van der Waals surface area contributed by atoms with Gasteiger partial charge in [-0.15, -0.1) is 0 Å². The number of nitrogens with zero attached hydrogens (tertiary/aromatic N) is 2. The molecule has 3 heteroatoms. The molecule has 0 radical (unpaired) electrons. The number of hydrogen-bond donors (Lipinski definition) is 1. The van der Waals surface area contributed by atoms with Gasteiger partial charge in [0, 0.05) is 31.7 Å². The fourth-order valence-corrected chi connectivity index (χ4v) is 2.77. The van der Waals surface area contributed by atoms with Gasteiger partial charge in [-0.2, -0.15) is 0 Å². The summed E-state index contributed by atoms with van der Waals surface area (Å²) in [7, 11) is 2.23. The molecule has 2 rings (SSSR count). The van der Waals surface area contributed by atoms with Crippen molar-refractivity contribution in [2.45, 2.75) is 38.3 Å². The van der Waals surface area contributed by atoms with Gasteiger partial charge in [0.2, 0.25) is 0 Å². The van der Waals surface area contributed by atoms with E-state index in [4.69, 9.17) is 0 Å². The zero-order valence-corrected chi connectivity index (χ0v) is 10.2. The molecule has 0 spiro atoms. The molecule has 0 amide bonds. The van der Waals surface area contributed by atoms with Crippen molar-refractivity contribution in [3.63, 3.8) is 0 Å². The molecule has 15 heavy (non-hydrogen) atoms. The first-order valence-electron chi connectivity index (χ1n) is 6.41. The lowest BCUT2D eigenvalue weighted by molar-refractivity contribution is 0.316. The fraction of sp³-hybridized carbons (Fsp3) is 1.00. The van der Waals surface area contributed by atoms with Gasteiger partial charge in [-0.05, 0) is 46.3 Å². The monoisotopic (exact) mass is 211 g/mol. The summed E-state index contributed by atoms with van der Waals surface area (Å²) >= 11 is 0. The summed E-state index contributed by atoms with van der Waals surface area (Å²) in [4.78, 5) is 5.03. The first-order chi connectivity index (χ1) is 7.25. The second kappa shape index (κ2) is 5.28. The van der Waals surface area contributed by atoms with Gasteiger partial charge in [0.1, 0.15) is 0 Å². The molecule has 3 nitrogen and oxygen atoms in total. The van der Waals surface area contributed by atoms with Crippen LogP contribution in [0.5, 0.6) is 0 Å². The second-order valence-electron chi connectivity index (χ2n) is 5.22. The van der Waals surface area contributed by atoms with Crippen molar-refractivity contribution in [2.24, 2.45) is 0 Å². The Kier molecular flexibility index (Phi) is 4.00. The lowest BCUT2D eigenvalue weighted by Gasteiger charge is -2.17. The van der Waals surface area contributed by atoms with E-state index in [9.17, 15) is 0 Å². The van der Waals surface area contributed by atoms with Gasteiger partial charge < -0.3 is 15.1 Å². The van der Waals surface area contributed by atoms with Gasteiger partial charge in [0.15, 0.2) is 0 Å². The van der Waals surface area contributed by atoms with Crippen molar-refractivity contribution >= 4 is 0 Å². The highest BCUT2D eigenvalue weighted by Gasteiger charge is 2.25. The standard InChI is InChI=1S/C12H25N3/c1-11-9-12(10-14(11)2)13-5-8-15-6-3-4-7-15/h11-13H,3-10H2,1-2H3. The van der Waals surface area contributed by atoms with E-state index in [2.05, 4.69) is 29.1 Å². The molecule has 0 aliphatic carbocycles. The maximum Gasteiger partial charge on any atom is 0.0210 e. The molecule has 2 unspecified atom stereocenters. The highest BCUT2D eigenvalue weighted by Crippen LogP contribution is 2.14. The minimum atomic E-state index is 0.729. The summed E-state index contributed by atoms with van der Waals surface area (Å²) in [5.74, 6) is 0. The van der Waals surface area contributed by atoms with Crippen LogP contribution in [-0.4, -0.2) is 61.7 Å². The lowest BCUT2D eigenvalue weighted by atomic mass is 10.2. The highest BCUT2D eigenvalue weighted by molar-refractivity contribution is 4.85. The van der Waals surface area contributed by atoms with Crippen LogP contribution in [0.3, 0.4) is 0 Å². The van der Waals surface area contributed by atoms with E-state index in [-0.39, 0.29) is 0 Å². The number of likely N-dealkylation sites (tertiary alicyclic amines) is 2. The molecule has 0 aromatic carbocycles. The lowest BCUT2D eigenvalue weighted by Crippen LogP contribution is -2.37. The second-order valence-corrected chi connectivity index (χ2v) is 5.22. The molecule has 1 N–H and O–H groups in total. The molecule has 2 heterocycles. The number of hydrogen-bond acceptors (Lipinski definition) is 3. The minimum Gasteiger partial charge on any atom is -0.311 e. The third kappa shape index (κ3) is 3.16. The van der Waals surface area contributed by atoms with Crippen molar-refractivity contribution in [1.82, 2.24) is 15.1 Å². The summed E-state index contributed by atoms with van der Waals surface area (Å²) in [6.45, 7) is 8.61. The van der Waals surface area contributed by atoms with E-state index in [1.807, 2.05) is 0 Å². The van der Waals surface area contributed by atoms with Crippen LogP contribution in [0.2, 0.25) is 0 Å². The summed E-state index contributed by atoms with van der Waals surface area (Å²) < 4.78 is 0. The largest absolute Gasteiger partial charge is 0.311 e. The van der Waals surface area contributed by atoms with Crippen LogP contribution in [-0.2, 0) is 0 Å². The van der Waals surface area contributed by atoms with Gasteiger partial charge in [-0.3, -0.25) is 0 Å². The zero-order chi connectivity index (χ0) is 10.7. The molecule has 2 atom stereocenters. The highest BCUT2D eigenvalue weighted by atomic mass is 15.2. The molecule has 2 fully saturated rings. The molecule has 0 aromatic rings. The molecule has 2 saturated heterocycles. The average molecular weight is 211 g/mol. The molecule has 2 aliphatic heterocycles. The van der Waals surface area contributed by atoms with Crippen LogP contribution < -0.4 is 5.32 Å². The smallest absolute Gasteiger partial charge is 0.0210 e. The number of likely N-dealkylation sites (N-methyl/N-ethyl adjacent to an activating group) is 1. The number of rotatable bonds is 4. The summed E-state index contributed by atoms with van der Waals surface area (Å²) in [5, 5.41) is 3.69. The molecule has 88 valence electrons. The normalized spacial score (nSPS) is 34.0. The molecule has 0 saturated carbocycles. The quantitative estimate of drug-likeness (QED) is 0.741. The topological polar surface area (TPSA) is 18.5 Å². The van der Waals surface area contributed by atoms with E-state index in [1.54, 1.807) is 0 Å². The molecular formula is C12H25N3. The first-order valence-corrected chi connectivity index (χ1v) is 6.41. The van der Waals surface area contributed by atoms with Crippen LogP contribution in [0, 0.1) is 0 Å². The van der Waals surface area contributed by atoms with Crippen molar-refractivity contribution in [1.29, 1.82) is 0 Å². The first kappa shape index (κ1) is 11.4. The van der Waals surface area contributed by atoms with E-state index < -0.39 is 0 Å². The van der Waals surface area contributed by atoms with Crippen molar-refractivity contribution in [2.75, 3.05) is 39.8 Å². The maximum absolute atomic E-state index is 3.69. The van der Waals surface area contributed by atoms with E-state index in [0.717, 1.165) is 12.1 Å². The van der Waals surface area contributed by atoms with Crippen LogP contribution in [0.15, 0.2) is 0 Å². The summed E-state index contributed by atoms with van der Waals surface area (Å²) in [6.07, 6.45) is 4.13. The summed E-state index contributed by atoms with van der Waals surface area (Å²) in [5.41, 5.74) is 0. The maximum atomic E-state index is 3.69. The SMILES string of the molecule is CC1CC(NCCN2CCCC2)CN1C. The van der Waals surface area contributed by atoms with Gasteiger partial charge in [-0.25, -0.2) is 0 Å². The van der Waals surface area contributed by atoms with Crippen molar-refractivity contribution < 1.29 is 0 Å². The van der Waals surface area contributed by atoms with Crippen LogP contribution in [0.1, 0.15) is 26.2 Å². The average Bonchev–Trinajstić information content (AvgIpc) is 2.79. The predicted octanol–water partition coefficient (Wildman–Crippen LogP) is 0.764.